The highest BCUT2D eigenvalue weighted by Gasteiger charge is 2.31. The number of carbonyl (C=O) groups is 4. The molecule has 0 spiro atoms. The van der Waals surface area contributed by atoms with E-state index >= 15 is 0 Å². The summed E-state index contributed by atoms with van der Waals surface area (Å²) in [6.45, 7) is 7.72. The van der Waals surface area contributed by atoms with E-state index in [2.05, 4.69) is 20.6 Å². The predicted octanol–water partition coefficient (Wildman–Crippen LogP) is 1.01. The minimum absolute atomic E-state index is 0.0541. The number of carbonyl (C=O) groups excluding carboxylic acids is 4. The maximum Gasteiger partial charge on any atom is 0.288 e. The van der Waals surface area contributed by atoms with Gasteiger partial charge in [0.1, 0.15) is 6.04 Å². The molecular weight excluding hydrogens is 432 g/mol. The zero-order valence-electron chi connectivity index (χ0n) is 19.1. The van der Waals surface area contributed by atoms with Crippen LogP contribution in [0.4, 0.5) is 0 Å². The summed E-state index contributed by atoms with van der Waals surface area (Å²) in [7, 11) is 0. The van der Waals surface area contributed by atoms with Gasteiger partial charge in [-0.2, -0.15) is 0 Å². The van der Waals surface area contributed by atoms with Gasteiger partial charge in [0.25, 0.3) is 5.91 Å². The number of nitrogens with two attached hydrogens (primary N) is 2. The number of nitrogens with one attached hydrogen (secondary N) is 2. The largest absolute Gasteiger partial charge is 0.370 e. The van der Waals surface area contributed by atoms with Crippen LogP contribution in [0, 0.1) is 11.8 Å². The van der Waals surface area contributed by atoms with Gasteiger partial charge >= 0.3 is 0 Å². The number of hydrogen-bond acceptors (Lipinski definition) is 7. The lowest BCUT2D eigenvalue weighted by Crippen LogP contribution is -2.54. The first-order valence-electron chi connectivity index (χ1n) is 10.7. The molecule has 6 N–H and O–H groups in total. The van der Waals surface area contributed by atoms with Crippen LogP contribution in [0.2, 0.25) is 0 Å². The van der Waals surface area contributed by atoms with E-state index in [1.165, 1.54) is 17.5 Å². The van der Waals surface area contributed by atoms with E-state index < -0.39 is 29.7 Å². The lowest BCUT2D eigenvalue weighted by atomic mass is 10.00. The number of Topliss-reactive ketones (excluding diaryl/α,β-unsaturated/α-hetero) is 2. The monoisotopic (exact) mass is 466 g/mol. The molecule has 10 nitrogen and oxygen atoms in total. The van der Waals surface area contributed by atoms with Crippen LogP contribution < -0.4 is 22.1 Å². The predicted molar refractivity (Wildman–Crippen MR) is 124 cm³/mol. The van der Waals surface area contributed by atoms with Gasteiger partial charge in [0.2, 0.25) is 17.5 Å². The Labute approximate surface area is 192 Å². The molecule has 0 saturated heterocycles. The van der Waals surface area contributed by atoms with Gasteiger partial charge in [-0.05, 0) is 31.1 Å². The third kappa shape index (κ3) is 9.54. The van der Waals surface area contributed by atoms with Gasteiger partial charge in [0, 0.05) is 24.5 Å². The smallest absolute Gasteiger partial charge is 0.288 e. The third-order valence-corrected chi connectivity index (χ3v) is 5.45. The van der Waals surface area contributed by atoms with Crippen molar-refractivity contribution in [2.75, 3.05) is 6.54 Å². The fraction of sp³-hybridized carbons (Fsp3) is 0.619. The van der Waals surface area contributed by atoms with Gasteiger partial charge < -0.3 is 22.1 Å². The summed E-state index contributed by atoms with van der Waals surface area (Å²) in [5, 5.41) is 7.17. The summed E-state index contributed by atoms with van der Waals surface area (Å²) in [6, 6.07) is -1.83. The van der Waals surface area contributed by atoms with Crippen LogP contribution >= 0.6 is 11.3 Å². The van der Waals surface area contributed by atoms with Gasteiger partial charge in [-0.1, -0.05) is 27.7 Å². The molecule has 0 unspecified atom stereocenters. The van der Waals surface area contributed by atoms with Gasteiger partial charge in [0.05, 0.1) is 6.04 Å². The fourth-order valence-electron chi connectivity index (χ4n) is 2.82. The van der Waals surface area contributed by atoms with Gasteiger partial charge in [0.15, 0.2) is 11.0 Å². The minimum atomic E-state index is -0.963. The summed E-state index contributed by atoms with van der Waals surface area (Å²) in [5.41, 5.74) is 10.6. The van der Waals surface area contributed by atoms with Crippen LogP contribution in [-0.4, -0.2) is 53.0 Å². The molecule has 0 aliphatic heterocycles. The SMILES string of the molecule is CC(C)CCC(=O)C(=O)N[C@H](C(=O)N[C@@H](CCCN=C(N)N)C(=O)c1nccs1)C(C)C. The highest BCUT2D eigenvalue weighted by Crippen LogP contribution is 2.13. The van der Waals surface area contributed by atoms with E-state index in [0.29, 0.717) is 19.4 Å². The van der Waals surface area contributed by atoms with Crippen molar-refractivity contribution in [3.63, 3.8) is 0 Å². The number of ketones is 2. The zero-order valence-corrected chi connectivity index (χ0v) is 19.9. The Morgan fingerprint density at radius 3 is 2.31 bits per heavy atom. The summed E-state index contributed by atoms with van der Waals surface area (Å²) in [6.07, 6.45) is 2.95. The molecule has 2 atom stereocenters. The Bertz CT molecular complexity index is 803. The molecule has 11 heteroatoms. The Balaban J connectivity index is 2.87. The molecule has 1 aromatic heterocycles. The Morgan fingerprint density at radius 1 is 1.09 bits per heavy atom. The van der Waals surface area contributed by atoms with Crippen molar-refractivity contribution in [2.24, 2.45) is 28.3 Å². The molecule has 0 fully saturated rings. The molecule has 178 valence electrons. The van der Waals surface area contributed by atoms with E-state index in [1.807, 2.05) is 13.8 Å². The van der Waals surface area contributed by atoms with Crippen LogP contribution in [0.3, 0.4) is 0 Å². The number of rotatable bonds is 14. The molecule has 0 aromatic carbocycles. The Morgan fingerprint density at radius 2 is 1.78 bits per heavy atom. The van der Waals surface area contributed by atoms with E-state index in [4.69, 9.17) is 11.5 Å². The summed E-state index contributed by atoms with van der Waals surface area (Å²) in [4.78, 5) is 58.1. The first kappa shape index (κ1) is 27.2. The van der Waals surface area contributed by atoms with Crippen LogP contribution in [0.15, 0.2) is 16.6 Å². The molecule has 0 aliphatic carbocycles. The van der Waals surface area contributed by atoms with Crippen molar-refractivity contribution in [2.45, 2.75) is 65.5 Å². The average molecular weight is 467 g/mol. The summed E-state index contributed by atoms with van der Waals surface area (Å²) < 4.78 is 0. The lowest BCUT2D eigenvalue weighted by molar-refractivity contribution is -0.140. The Hall–Kier alpha value is -2.82. The molecule has 1 aromatic rings. The molecule has 0 saturated carbocycles. The summed E-state index contributed by atoms with van der Waals surface area (Å²) >= 11 is 1.17. The second-order valence-corrected chi connectivity index (χ2v) is 9.16. The van der Waals surface area contributed by atoms with Gasteiger partial charge in [-0.15, -0.1) is 11.3 Å². The topological polar surface area (TPSA) is 170 Å². The van der Waals surface area contributed by atoms with Crippen molar-refractivity contribution in [3.05, 3.63) is 16.6 Å². The third-order valence-electron chi connectivity index (χ3n) is 4.66. The number of amides is 2. The van der Waals surface area contributed by atoms with Crippen molar-refractivity contribution in [3.8, 4) is 0 Å². The number of nitrogens with zero attached hydrogens (tertiary/aromatic N) is 2. The standard InChI is InChI=1S/C21H34N6O4S/c1-12(2)7-8-15(28)18(30)27-16(13(3)4)19(31)26-14(6-5-9-25-21(22)23)17(29)20-24-10-11-32-20/h10-14,16H,5-9H2,1-4H3,(H,26,31)(H,27,30)(H4,22,23,25)/t14-,16-/m0/s1. The van der Waals surface area contributed by atoms with Crippen molar-refractivity contribution >= 4 is 40.7 Å². The first-order chi connectivity index (χ1) is 15.0. The van der Waals surface area contributed by atoms with Crippen LogP contribution in [-0.2, 0) is 14.4 Å². The number of aromatic nitrogens is 1. The number of guanidine groups is 1. The maximum atomic E-state index is 13.0. The molecule has 2 amide bonds. The number of hydrogen-bond donors (Lipinski definition) is 4. The normalized spacial score (nSPS) is 12.8. The first-order valence-corrected chi connectivity index (χ1v) is 11.5. The molecular formula is C21H34N6O4S. The molecule has 0 aliphatic rings. The lowest BCUT2D eigenvalue weighted by Gasteiger charge is -2.24. The average Bonchev–Trinajstić information content (AvgIpc) is 3.25. The molecule has 1 rings (SSSR count). The zero-order chi connectivity index (χ0) is 24.3. The Kier molecular flexibility index (Phi) is 11.5. The van der Waals surface area contributed by atoms with E-state index in [0.717, 1.165) is 0 Å². The number of thiazole rings is 1. The maximum absolute atomic E-state index is 13.0. The molecule has 32 heavy (non-hydrogen) atoms. The highest BCUT2D eigenvalue weighted by molar-refractivity contribution is 7.11. The van der Waals surface area contributed by atoms with Crippen LogP contribution in [0.25, 0.3) is 0 Å². The van der Waals surface area contributed by atoms with Crippen molar-refractivity contribution in [1.29, 1.82) is 0 Å². The van der Waals surface area contributed by atoms with Gasteiger partial charge in [-0.25, -0.2) is 4.98 Å². The van der Waals surface area contributed by atoms with Gasteiger partial charge in [-0.3, -0.25) is 24.2 Å². The quantitative estimate of drug-likeness (QED) is 0.104. The van der Waals surface area contributed by atoms with E-state index in [-0.39, 0.29) is 41.4 Å². The summed E-state index contributed by atoms with van der Waals surface area (Å²) in [5.74, 6) is -2.30. The van der Waals surface area contributed by atoms with Crippen molar-refractivity contribution in [1.82, 2.24) is 15.6 Å². The second kappa shape index (κ2) is 13.6. The number of aliphatic imine (C=N–C) groups is 1. The van der Waals surface area contributed by atoms with E-state index in [9.17, 15) is 19.2 Å². The molecule has 1 heterocycles. The fourth-order valence-corrected chi connectivity index (χ4v) is 3.45. The van der Waals surface area contributed by atoms with Crippen LogP contribution in [0.5, 0.6) is 0 Å². The second-order valence-electron chi connectivity index (χ2n) is 8.26. The molecule has 0 bridgehead atoms. The highest BCUT2D eigenvalue weighted by atomic mass is 32.1. The van der Waals surface area contributed by atoms with Crippen LogP contribution in [0.1, 0.15) is 63.2 Å². The van der Waals surface area contributed by atoms with Crippen molar-refractivity contribution < 1.29 is 19.2 Å². The van der Waals surface area contributed by atoms with E-state index in [1.54, 1.807) is 19.2 Å². The molecule has 0 radical (unpaired) electrons. The minimum Gasteiger partial charge on any atom is -0.370 e.